The van der Waals surface area contributed by atoms with Crippen molar-refractivity contribution in [1.29, 1.82) is 0 Å². The van der Waals surface area contributed by atoms with Crippen molar-refractivity contribution in [2.45, 2.75) is 101 Å². The molecule has 0 heterocycles. The van der Waals surface area contributed by atoms with Crippen LogP contribution in [0.4, 0.5) is 27.6 Å². The standard InChI is InChI=1S/C28H38F5NO5S/c1-3-26-14-13-17-15-19(34-40(37,38)39)9-10-20(17)24(26)18(16-25(2)21(26)11-12-22(25)35)7-5-4-6-8-23(36)27(29,30)28(31,32)33/h3,9-10,15,18,21-24,34-36H,1,4-8,11-14,16H2,2H3,(H,37,38,39)/t18-,21?,22-,23?,24?,25-,26?/m0/s1. The number of aliphatic hydroxyl groups excluding tert-OH is 2. The van der Waals surface area contributed by atoms with Crippen LogP contribution in [0.2, 0.25) is 0 Å². The number of nitrogens with one attached hydrogen (secondary N) is 1. The second kappa shape index (κ2) is 10.8. The van der Waals surface area contributed by atoms with E-state index in [9.17, 15) is 45.1 Å². The summed E-state index contributed by atoms with van der Waals surface area (Å²) in [5.41, 5.74) is 1.55. The molecule has 0 saturated heterocycles. The third-order valence-corrected chi connectivity index (χ3v) is 10.5. The molecule has 4 unspecified atom stereocenters. The molecule has 0 radical (unpaired) electrons. The van der Waals surface area contributed by atoms with Gasteiger partial charge in [-0.05, 0) is 96.8 Å². The van der Waals surface area contributed by atoms with E-state index >= 15 is 0 Å². The maximum atomic E-state index is 13.4. The van der Waals surface area contributed by atoms with Crippen molar-refractivity contribution in [3.05, 3.63) is 42.0 Å². The van der Waals surface area contributed by atoms with Crippen molar-refractivity contribution < 1.29 is 45.1 Å². The Balaban J connectivity index is 1.56. The number of rotatable bonds is 10. The Labute approximate surface area is 231 Å². The molecule has 0 bridgehead atoms. The number of benzene rings is 1. The summed E-state index contributed by atoms with van der Waals surface area (Å²) in [6.45, 7) is 6.33. The van der Waals surface area contributed by atoms with E-state index in [4.69, 9.17) is 0 Å². The highest BCUT2D eigenvalue weighted by molar-refractivity contribution is 7.87. The van der Waals surface area contributed by atoms with Gasteiger partial charge in [-0.3, -0.25) is 9.27 Å². The lowest BCUT2D eigenvalue weighted by atomic mass is 9.44. The van der Waals surface area contributed by atoms with Gasteiger partial charge in [-0.1, -0.05) is 38.3 Å². The molecule has 7 atom stereocenters. The maximum absolute atomic E-state index is 13.4. The predicted molar refractivity (Wildman–Crippen MR) is 140 cm³/mol. The second-order valence-electron chi connectivity index (χ2n) is 12.2. The predicted octanol–water partition coefficient (Wildman–Crippen LogP) is 6.41. The van der Waals surface area contributed by atoms with Crippen LogP contribution in [-0.4, -0.2) is 47.5 Å². The fraction of sp³-hybridized carbons (Fsp3) is 0.714. The molecule has 4 N–H and O–H groups in total. The van der Waals surface area contributed by atoms with Crippen molar-refractivity contribution in [2.24, 2.45) is 22.7 Å². The molecule has 2 saturated carbocycles. The summed E-state index contributed by atoms with van der Waals surface area (Å²) >= 11 is 0. The zero-order valence-electron chi connectivity index (χ0n) is 22.4. The lowest BCUT2D eigenvalue weighted by Gasteiger charge is -2.60. The molecule has 1 aromatic carbocycles. The molecule has 0 amide bonds. The van der Waals surface area contributed by atoms with Gasteiger partial charge in [-0.15, -0.1) is 6.58 Å². The van der Waals surface area contributed by atoms with E-state index in [1.54, 1.807) is 12.1 Å². The molecule has 12 heteroatoms. The van der Waals surface area contributed by atoms with Crippen molar-refractivity contribution in [2.75, 3.05) is 4.72 Å². The number of alkyl halides is 5. The minimum absolute atomic E-state index is 0.00272. The van der Waals surface area contributed by atoms with Gasteiger partial charge in [0.1, 0.15) is 6.10 Å². The lowest BCUT2D eigenvalue weighted by molar-refractivity contribution is -0.313. The van der Waals surface area contributed by atoms with Crippen molar-refractivity contribution in [1.82, 2.24) is 0 Å². The van der Waals surface area contributed by atoms with E-state index in [1.807, 2.05) is 12.1 Å². The van der Waals surface area contributed by atoms with E-state index in [0.717, 1.165) is 24.0 Å². The molecule has 0 aromatic heterocycles. The molecule has 226 valence electrons. The topological polar surface area (TPSA) is 107 Å². The summed E-state index contributed by atoms with van der Waals surface area (Å²) in [7, 11) is -4.44. The van der Waals surface area contributed by atoms with Crippen molar-refractivity contribution >= 4 is 16.0 Å². The molecule has 1 aromatic rings. The highest BCUT2D eigenvalue weighted by atomic mass is 32.2. The van der Waals surface area contributed by atoms with Crippen LogP contribution in [0.15, 0.2) is 30.9 Å². The van der Waals surface area contributed by atoms with Gasteiger partial charge in [-0.25, -0.2) is 0 Å². The first-order chi connectivity index (χ1) is 18.5. The zero-order valence-corrected chi connectivity index (χ0v) is 23.2. The first-order valence-corrected chi connectivity index (χ1v) is 15.2. The van der Waals surface area contributed by atoms with Gasteiger partial charge in [0.25, 0.3) is 0 Å². The van der Waals surface area contributed by atoms with Crippen LogP contribution in [0.3, 0.4) is 0 Å². The van der Waals surface area contributed by atoms with Crippen molar-refractivity contribution in [3.63, 3.8) is 0 Å². The maximum Gasteiger partial charge on any atom is 0.456 e. The van der Waals surface area contributed by atoms with Crippen LogP contribution >= 0.6 is 0 Å². The van der Waals surface area contributed by atoms with E-state index < -0.39 is 41.0 Å². The number of anilines is 1. The fourth-order valence-electron chi connectivity index (χ4n) is 8.21. The number of allylic oxidation sites excluding steroid dienone is 1. The normalized spacial score (nSPS) is 33.0. The Morgan fingerprint density at radius 2 is 1.88 bits per heavy atom. The quantitative estimate of drug-likeness (QED) is 0.108. The summed E-state index contributed by atoms with van der Waals surface area (Å²) in [6, 6.07) is 5.18. The number of aryl methyl sites for hydroxylation is 1. The first-order valence-electron chi connectivity index (χ1n) is 13.8. The number of hydrogen-bond donors (Lipinski definition) is 4. The van der Waals surface area contributed by atoms with Crippen LogP contribution in [0, 0.1) is 22.7 Å². The number of hydrogen-bond acceptors (Lipinski definition) is 4. The summed E-state index contributed by atoms with van der Waals surface area (Å²) in [6.07, 6.45) is -2.55. The van der Waals surface area contributed by atoms with Crippen molar-refractivity contribution in [3.8, 4) is 0 Å². The molecule has 0 aliphatic heterocycles. The third-order valence-electron chi connectivity index (χ3n) is 9.97. The minimum atomic E-state index is -5.80. The average molecular weight is 596 g/mol. The minimum Gasteiger partial charge on any atom is -0.393 e. The Kier molecular flexibility index (Phi) is 8.43. The molecule has 6 nitrogen and oxygen atoms in total. The monoisotopic (exact) mass is 595 g/mol. The molecule has 40 heavy (non-hydrogen) atoms. The Bertz CT molecular complexity index is 1210. The Morgan fingerprint density at radius 1 is 1.18 bits per heavy atom. The Morgan fingerprint density at radius 3 is 2.50 bits per heavy atom. The number of halogens is 5. The van der Waals surface area contributed by atoms with Gasteiger partial charge in [0.15, 0.2) is 0 Å². The summed E-state index contributed by atoms with van der Waals surface area (Å²) in [5.74, 6) is -4.93. The van der Waals surface area contributed by atoms with Crippen LogP contribution < -0.4 is 4.72 Å². The van der Waals surface area contributed by atoms with E-state index in [0.29, 0.717) is 38.5 Å². The first kappa shape index (κ1) is 31.2. The zero-order chi connectivity index (χ0) is 29.7. The van der Waals surface area contributed by atoms with E-state index in [2.05, 4.69) is 18.2 Å². The van der Waals surface area contributed by atoms with Gasteiger partial charge >= 0.3 is 22.4 Å². The van der Waals surface area contributed by atoms with E-state index in [1.165, 1.54) is 0 Å². The van der Waals surface area contributed by atoms with Crippen LogP contribution in [-0.2, 0) is 16.7 Å². The SMILES string of the molecule is C=CC12CCc3cc(NS(=O)(=O)O)ccc3C1[C@@H](CCCCCC(O)C(F)(F)C(F)(F)F)C[C@@]1(C)C2CC[C@@H]1O. The second-order valence-corrected chi connectivity index (χ2v) is 13.3. The summed E-state index contributed by atoms with van der Waals surface area (Å²) in [4.78, 5) is 0. The van der Waals surface area contributed by atoms with E-state index in [-0.39, 0.29) is 40.7 Å². The molecular formula is C28H38F5NO5S. The average Bonchev–Trinajstić information content (AvgIpc) is 3.15. The smallest absolute Gasteiger partial charge is 0.393 e. The summed E-state index contributed by atoms with van der Waals surface area (Å²) in [5, 5.41) is 20.5. The Hall–Kier alpha value is -1.76. The molecule has 4 rings (SSSR count). The number of fused-ring (bicyclic) bond motifs is 5. The summed E-state index contributed by atoms with van der Waals surface area (Å²) < 4.78 is 98.4. The van der Waals surface area contributed by atoms with Gasteiger partial charge in [-0.2, -0.15) is 30.4 Å². The van der Waals surface area contributed by atoms with Gasteiger partial charge < -0.3 is 10.2 Å². The molecule has 3 aliphatic rings. The fourth-order valence-corrected chi connectivity index (χ4v) is 8.63. The van der Waals surface area contributed by atoms with Gasteiger partial charge in [0.2, 0.25) is 0 Å². The largest absolute Gasteiger partial charge is 0.456 e. The number of aliphatic hydroxyl groups is 2. The molecule has 2 fully saturated rings. The van der Waals surface area contributed by atoms with Gasteiger partial charge in [0.05, 0.1) is 11.8 Å². The van der Waals surface area contributed by atoms with Gasteiger partial charge in [0, 0.05) is 0 Å². The molecular weight excluding hydrogens is 557 g/mol. The molecule has 3 aliphatic carbocycles. The highest BCUT2D eigenvalue weighted by Gasteiger charge is 2.64. The number of unbranched alkanes of at least 4 members (excludes halogenated alkanes) is 2. The molecule has 0 spiro atoms. The van der Waals surface area contributed by atoms with Crippen LogP contribution in [0.25, 0.3) is 0 Å². The van der Waals surface area contributed by atoms with Crippen LogP contribution in [0.5, 0.6) is 0 Å². The third kappa shape index (κ3) is 5.53. The highest BCUT2D eigenvalue weighted by Crippen LogP contribution is 2.69. The lowest BCUT2D eigenvalue weighted by Crippen LogP contribution is -2.54. The van der Waals surface area contributed by atoms with Crippen LogP contribution in [0.1, 0.15) is 81.8 Å².